The number of carbonyl (C=O) groups excluding carboxylic acids is 1. The first-order valence-corrected chi connectivity index (χ1v) is 10.2. The highest BCUT2D eigenvalue weighted by Gasteiger charge is 2.35. The topological polar surface area (TPSA) is 117 Å². The molecule has 0 bridgehead atoms. The smallest absolute Gasteiger partial charge is 0.283 e. The molecular weight excluding hydrogens is 404 g/mol. The molecule has 30 heavy (non-hydrogen) atoms. The van der Waals surface area contributed by atoms with E-state index in [1.807, 2.05) is 0 Å². The van der Waals surface area contributed by atoms with E-state index in [0.717, 1.165) is 24.3 Å². The molecule has 0 atom stereocenters. The Labute approximate surface area is 176 Å². The molecule has 0 unspecified atom stereocenters. The van der Waals surface area contributed by atoms with Crippen LogP contribution < -0.4 is 0 Å². The number of unbranched alkanes of at least 4 members (excludes halogenated alkanes) is 1. The van der Waals surface area contributed by atoms with Gasteiger partial charge in [-0.3, -0.25) is 20.3 Å². The Bertz CT molecular complexity index is 1130. The Hall–Kier alpha value is -3.53. The van der Waals surface area contributed by atoms with E-state index in [9.17, 15) is 14.9 Å². The lowest BCUT2D eigenvalue weighted by molar-refractivity contribution is -0.384. The molecule has 0 aliphatic carbocycles. The number of fused-ring (bicyclic) bond motifs is 1. The van der Waals surface area contributed by atoms with Crippen LogP contribution in [-0.2, 0) is 4.79 Å². The SMILES string of the molecule is CCCCC1=NN2C(=N)/C(=C\c3cccn3-c3ccc([N+](=O)[O-])cc3)C(=O)N=C2S1. The average Bonchev–Trinajstić information content (AvgIpc) is 3.36. The molecular formula is C20H18N6O3S. The summed E-state index contributed by atoms with van der Waals surface area (Å²) in [5, 5.41) is 26.5. The number of thioether (sulfide) groups is 1. The minimum absolute atomic E-state index is 0.000172. The number of amides is 1. The zero-order valence-corrected chi connectivity index (χ0v) is 16.9. The highest BCUT2D eigenvalue weighted by molar-refractivity contribution is 8.26. The fraction of sp³-hybridized carbons (Fsp3) is 0.200. The molecule has 0 saturated heterocycles. The van der Waals surface area contributed by atoms with Crippen molar-refractivity contribution in [3.05, 3.63) is 64.0 Å². The fourth-order valence-electron chi connectivity index (χ4n) is 3.09. The number of rotatable bonds is 6. The minimum Gasteiger partial charge on any atom is -0.317 e. The van der Waals surface area contributed by atoms with Crippen molar-refractivity contribution in [3.8, 4) is 5.69 Å². The van der Waals surface area contributed by atoms with Gasteiger partial charge in [0.05, 0.1) is 10.5 Å². The number of nitrogens with one attached hydrogen (secondary N) is 1. The third-order valence-electron chi connectivity index (χ3n) is 4.65. The average molecular weight is 422 g/mol. The summed E-state index contributed by atoms with van der Waals surface area (Å²) in [4.78, 5) is 27.1. The number of nitro groups is 1. The molecule has 1 aromatic carbocycles. The lowest BCUT2D eigenvalue weighted by Gasteiger charge is -2.20. The second-order valence-corrected chi connectivity index (χ2v) is 7.73. The van der Waals surface area contributed by atoms with Crippen molar-refractivity contribution < 1.29 is 9.72 Å². The molecule has 2 aromatic rings. The lowest BCUT2D eigenvalue weighted by Crippen LogP contribution is -2.35. The van der Waals surface area contributed by atoms with Crippen molar-refractivity contribution in [1.82, 2.24) is 9.58 Å². The van der Waals surface area contributed by atoms with E-state index in [1.165, 1.54) is 28.9 Å². The van der Waals surface area contributed by atoms with E-state index in [1.54, 1.807) is 41.1 Å². The van der Waals surface area contributed by atoms with Crippen LogP contribution in [0.5, 0.6) is 0 Å². The molecule has 10 heteroatoms. The van der Waals surface area contributed by atoms with Crippen LogP contribution in [0.15, 0.2) is 58.3 Å². The molecule has 0 radical (unpaired) electrons. The molecule has 3 heterocycles. The second kappa shape index (κ2) is 8.07. The van der Waals surface area contributed by atoms with E-state index < -0.39 is 10.8 Å². The first-order chi connectivity index (χ1) is 14.5. The summed E-state index contributed by atoms with van der Waals surface area (Å²) < 4.78 is 1.78. The number of aromatic nitrogens is 1. The van der Waals surface area contributed by atoms with E-state index >= 15 is 0 Å². The molecule has 1 N–H and O–H groups in total. The maximum atomic E-state index is 12.6. The van der Waals surface area contributed by atoms with Gasteiger partial charge in [0, 0.05) is 29.7 Å². The Kier molecular flexibility index (Phi) is 5.32. The number of amidine groups is 2. The number of nitro benzene ring substituents is 1. The van der Waals surface area contributed by atoms with Gasteiger partial charge in [-0.05, 0) is 54.9 Å². The van der Waals surface area contributed by atoms with Gasteiger partial charge < -0.3 is 4.57 Å². The number of benzene rings is 1. The number of hydrogen-bond acceptors (Lipinski definition) is 6. The summed E-state index contributed by atoms with van der Waals surface area (Å²) in [6.07, 6.45) is 6.19. The number of nitrogens with zero attached hydrogens (tertiary/aromatic N) is 5. The molecule has 9 nitrogen and oxygen atoms in total. The number of non-ortho nitro benzene ring substituents is 1. The number of carbonyl (C=O) groups is 1. The van der Waals surface area contributed by atoms with Gasteiger partial charge in [0.1, 0.15) is 5.04 Å². The Morgan fingerprint density at radius 3 is 2.73 bits per heavy atom. The summed E-state index contributed by atoms with van der Waals surface area (Å²) >= 11 is 1.33. The van der Waals surface area contributed by atoms with Gasteiger partial charge in [-0.25, -0.2) is 0 Å². The third kappa shape index (κ3) is 3.69. The highest BCUT2D eigenvalue weighted by atomic mass is 32.2. The summed E-state index contributed by atoms with van der Waals surface area (Å²) in [5.74, 6) is -0.498. The standard InChI is InChI=1S/C20H18N6O3S/c1-2-3-6-17-23-25-18(21)16(19(27)22-20(25)30-17)12-15-5-4-11-24(15)13-7-9-14(10-8-13)26(28)29/h4-5,7-12,21H,2-3,6H2,1H3/b16-12+,21-18?. The second-order valence-electron chi connectivity index (χ2n) is 6.69. The van der Waals surface area contributed by atoms with Crippen LogP contribution >= 0.6 is 11.8 Å². The van der Waals surface area contributed by atoms with E-state index in [0.29, 0.717) is 16.5 Å². The van der Waals surface area contributed by atoms with Crippen LogP contribution in [0, 0.1) is 15.5 Å². The van der Waals surface area contributed by atoms with Crippen molar-refractivity contribution >= 4 is 45.5 Å². The van der Waals surface area contributed by atoms with Gasteiger partial charge >= 0.3 is 0 Å². The molecule has 0 saturated carbocycles. The number of hydrogen-bond donors (Lipinski definition) is 1. The van der Waals surface area contributed by atoms with Crippen molar-refractivity contribution in [2.75, 3.05) is 0 Å². The summed E-state index contributed by atoms with van der Waals surface area (Å²) in [6.45, 7) is 2.09. The molecule has 1 amide bonds. The highest BCUT2D eigenvalue weighted by Crippen LogP contribution is 2.30. The van der Waals surface area contributed by atoms with Crippen molar-refractivity contribution in [1.29, 1.82) is 5.41 Å². The lowest BCUT2D eigenvalue weighted by atomic mass is 10.1. The Morgan fingerprint density at radius 2 is 2.03 bits per heavy atom. The summed E-state index contributed by atoms with van der Waals surface area (Å²) in [6, 6.07) is 9.70. The largest absolute Gasteiger partial charge is 0.317 e. The van der Waals surface area contributed by atoms with Crippen LogP contribution in [0.25, 0.3) is 11.8 Å². The van der Waals surface area contributed by atoms with Crippen LogP contribution in [0.1, 0.15) is 31.9 Å². The zero-order valence-electron chi connectivity index (χ0n) is 16.1. The van der Waals surface area contributed by atoms with Crippen LogP contribution in [0.4, 0.5) is 5.69 Å². The number of aliphatic imine (C=N–C) groups is 1. The summed E-state index contributed by atoms with van der Waals surface area (Å²) in [7, 11) is 0. The quantitative estimate of drug-likeness (QED) is 0.425. The van der Waals surface area contributed by atoms with Gasteiger partial charge in [0.15, 0.2) is 5.84 Å². The predicted octanol–water partition coefficient (Wildman–Crippen LogP) is 4.19. The fourth-order valence-corrected chi connectivity index (χ4v) is 4.02. The normalized spacial score (nSPS) is 17.2. The van der Waals surface area contributed by atoms with Crippen LogP contribution in [0.2, 0.25) is 0 Å². The molecule has 152 valence electrons. The van der Waals surface area contributed by atoms with Gasteiger partial charge in [-0.1, -0.05) is 13.3 Å². The summed E-state index contributed by atoms with van der Waals surface area (Å²) in [5.41, 5.74) is 1.49. The maximum absolute atomic E-state index is 12.6. The maximum Gasteiger partial charge on any atom is 0.283 e. The van der Waals surface area contributed by atoms with Gasteiger partial charge in [-0.15, -0.1) is 0 Å². The van der Waals surface area contributed by atoms with Gasteiger partial charge in [0.2, 0.25) is 5.17 Å². The van der Waals surface area contributed by atoms with Crippen molar-refractivity contribution in [3.63, 3.8) is 0 Å². The zero-order chi connectivity index (χ0) is 21.3. The first kappa shape index (κ1) is 19.8. The molecule has 2 aliphatic rings. The van der Waals surface area contributed by atoms with E-state index in [4.69, 9.17) is 5.41 Å². The van der Waals surface area contributed by atoms with Crippen LogP contribution in [0.3, 0.4) is 0 Å². The van der Waals surface area contributed by atoms with Crippen LogP contribution in [-0.4, -0.2) is 36.5 Å². The van der Waals surface area contributed by atoms with Gasteiger partial charge in [0.25, 0.3) is 11.6 Å². The predicted molar refractivity (Wildman–Crippen MR) is 117 cm³/mol. The van der Waals surface area contributed by atoms with Crippen molar-refractivity contribution in [2.45, 2.75) is 26.2 Å². The van der Waals surface area contributed by atoms with E-state index in [2.05, 4.69) is 17.0 Å². The van der Waals surface area contributed by atoms with E-state index in [-0.39, 0.29) is 17.1 Å². The Morgan fingerprint density at radius 1 is 1.27 bits per heavy atom. The van der Waals surface area contributed by atoms with Crippen molar-refractivity contribution in [2.24, 2.45) is 10.1 Å². The molecule has 0 fully saturated rings. The van der Waals surface area contributed by atoms with Gasteiger partial charge in [-0.2, -0.15) is 15.1 Å². The Balaban J connectivity index is 1.64. The number of hydrazone groups is 1. The molecule has 4 rings (SSSR count). The monoisotopic (exact) mass is 422 g/mol. The molecule has 0 spiro atoms. The molecule has 2 aliphatic heterocycles. The molecule has 1 aromatic heterocycles. The third-order valence-corrected chi connectivity index (χ3v) is 5.62. The first-order valence-electron chi connectivity index (χ1n) is 9.39. The minimum atomic E-state index is -0.484.